The van der Waals surface area contributed by atoms with Gasteiger partial charge in [-0.05, 0) is 35.0 Å². The topological polar surface area (TPSA) is 43.4 Å². The second kappa shape index (κ2) is 6.81. The zero-order valence-corrected chi connectivity index (χ0v) is 12.1. The van der Waals surface area contributed by atoms with Crippen LogP contribution >= 0.6 is 27.7 Å². The molecule has 1 aromatic rings. The number of esters is 1. The van der Waals surface area contributed by atoms with Crippen molar-refractivity contribution in [1.29, 1.82) is 0 Å². The van der Waals surface area contributed by atoms with E-state index in [9.17, 15) is 9.59 Å². The number of halogens is 1. The molecule has 92 valence electrons. The van der Waals surface area contributed by atoms with Crippen molar-refractivity contribution in [2.75, 3.05) is 12.9 Å². The Kier molecular flexibility index (Phi) is 5.71. The van der Waals surface area contributed by atoms with Crippen molar-refractivity contribution in [3.8, 4) is 0 Å². The van der Waals surface area contributed by atoms with Crippen LogP contribution in [0.15, 0.2) is 27.6 Å². The molecule has 0 aliphatic heterocycles. The number of carbonyl (C=O) groups excluding carboxylic acids is 2. The van der Waals surface area contributed by atoms with Gasteiger partial charge in [0.1, 0.15) is 0 Å². The van der Waals surface area contributed by atoms with Crippen LogP contribution in [0.1, 0.15) is 23.7 Å². The largest absolute Gasteiger partial charge is 0.469 e. The third kappa shape index (κ3) is 4.52. The van der Waals surface area contributed by atoms with Crippen LogP contribution in [0.4, 0.5) is 0 Å². The fourth-order valence-electron chi connectivity index (χ4n) is 1.18. The molecule has 0 amide bonds. The van der Waals surface area contributed by atoms with Crippen molar-refractivity contribution in [2.45, 2.75) is 18.2 Å². The van der Waals surface area contributed by atoms with E-state index in [1.165, 1.54) is 14.0 Å². The molecular weight excluding hydrogens is 304 g/mol. The summed E-state index contributed by atoms with van der Waals surface area (Å²) in [5.41, 5.74) is 0.675. The van der Waals surface area contributed by atoms with E-state index in [0.717, 1.165) is 9.37 Å². The van der Waals surface area contributed by atoms with Crippen LogP contribution in [-0.2, 0) is 9.53 Å². The molecule has 0 N–H and O–H groups in total. The van der Waals surface area contributed by atoms with Crippen molar-refractivity contribution in [2.24, 2.45) is 0 Å². The summed E-state index contributed by atoms with van der Waals surface area (Å²) in [6, 6.07) is 5.46. The summed E-state index contributed by atoms with van der Waals surface area (Å²) < 4.78 is 5.44. The highest BCUT2D eigenvalue weighted by Gasteiger charge is 2.06. The van der Waals surface area contributed by atoms with Crippen molar-refractivity contribution >= 4 is 39.4 Å². The van der Waals surface area contributed by atoms with E-state index < -0.39 is 0 Å². The highest BCUT2D eigenvalue weighted by molar-refractivity contribution is 9.10. The predicted molar refractivity (Wildman–Crippen MR) is 71.5 cm³/mol. The Bertz CT molecular complexity index is 432. The van der Waals surface area contributed by atoms with Crippen LogP contribution in [0.2, 0.25) is 0 Å². The molecule has 0 aromatic heterocycles. The lowest BCUT2D eigenvalue weighted by Gasteiger charge is -2.05. The van der Waals surface area contributed by atoms with Gasteiger partial charge in [0.05, 0.1) is 13.5 Å². The number of thioether (sulfide) groups is 1. The Hall–Kier alpha value is -0.810. The van der Waals surface area contributed by atoms with E-state index >= 15 is 0 Å². The van der Waals surface area contributed by atoms with Crippen molar-refractivity contribution in [1.82, 2.24) is 0 Å². The van der Waals surface area contributed by atoms with Gasteiger partial charge in [-0.3, -0.25) is 9.59 Å². The van der Waals surface area contributed by atoms with Gasteiger partial charge in [-0.25, -0.2) is 0 Å². The zero-order valence-electron chi connectivity index (χ0n) is 9.66. The summed E-state index contributed by atoms with van der Waals surface area (Å²) >= 11 is 4.96. The van der Waals surface area contributed by atoms with E-state index in [2.05, 4.69) is 20.7 Å². The maximum atomic E-state index is 11.2. The number of methoxy groups -OCH3 is 1. The van der Waals surface area contributed by atoms with Gasteiger partial charge < -0.3 is 4.74 Å². The van der Waals surface area contributed by atoms with Crippen molar-refractivity contribution in [3.63, 3.8) is 0 Å². The van der Waals surface area contributed by atoms with Gasteiger partial charge in [-0.2, -0.15) is 0 Å². The lowest BCUT2D eigenvalue weighted by atomic mass is 10.2. The van der Waals surface area contributed by atoms with Gasteiger partial charge in [0.2, 0.25) is 0 Å². The minimum atomic E-state index is -0.214. The molecule has 5 heteroatoms. The lowest BCUT2D eigenvalue weighted by molar-refractivity contribution is -0.140. The zero-order chi connectivity index (χ0) is 12.8. The number of rotatable bonds is 5. The predicted octanol–water partition coefficient (Wildman–Crippen LogP) is 3.31. The SMILES string of the molecule is COC(=O)CCSc1ccc(C(C)=O)cc1Br. The van der Waals surface area contributed by atoms with E-state index in [1.54, 1.807) is 23.9 Å². The van der Waals surface area contributed by atoms with Crippen LogP contribution in [-0.4, -0.2) is 24.6 Å². The molecule has 0 spiro atoms. The third-order valence-corrected chi connectivity index (χ3v) is 4.12. The smallest absolute Gasteiger partial charge is 0.306 e. The molecule has 0 atom stereocenters. The number of Topliss-reactive ketones (excluding diaryl/α,β-unsaturated/α-hetero) is 1. The van der Waals surface area contributed by atoms with Gasteiger partial charge in [0.15, 0.2) is 5.78 Å². The summed E-state index contributed by atoms with van der Waals surface area (Å²) in [5, 5.41) is 0. The highest BCUT2D eigenvalue weighted by Crippen LogP contribution is 2.29. The maximum absolute atomic E-state index is 11.2. The Balaban J connectivity index is 2.60. The molecule has 0 bridgehead atoms. The summed E-state index contributed by atoms with van der Waals surface area (Å²) in [6.07, 6.45) is 0.377. The van der Waals surface area contributed by atoms with Gasteiger partial charge in [0, 0.05) is 20.7 Å². The lowest BCUT2D eigenvalue weighted by Crippen LogP contribution is -2.01. The molecule has 0 heterocycles. The van der Waals surface area contributed by atoms with Crippen LogP contribution in [0.3, 0.4) is 0 Å². The summed E-state index contributed by atoms with van der Waals surface area (Å²) in [5.74, 6) is 0.482. The van der Waals surface area contributed by atoms with Crippen LogP contribution in [0.5, 0.6) is 0 Å². The fourth-order valence-corrected chi connectivity index (χ4v) is 2.76. The molecule has 1 rings (SSSR count). The minimum absolute atomic E-state index is 0.0387. The summed E-state index contributed by atoms with van der Waals surface area (Å²) in [6.45, 7) is 1.53. The first-order valence-electron chi connectivity index (χ1n) is 5.04. The first-order chi connectivity index (χ1) is 8.04. The molecule has 0 aliphatic rings. The molecule has 17 heavy (non-hydrogen) atoms. The Morgan fingerprint density at radius 3 is 2.65 bits per heavy atom. The van der Waals surface area contributed by atoms with Crippen LogP contribution in [0.25, 0.3) is 0 Å². The quantitative estimate of drug-likeness (QED) is 0.475. The van der Waals surface area contributed by atoms with E-state index in [4.69, 9.17) is 0 Å². The highest BCUT2D eigenvalue weighted by atomic mass is 79.9. The van der Waals surface area contributed by atoms with Crippen LogP contribution in [0, 0.1) is 0 Å². The molecule has 0 saturated heterocycles. The molecule has 1 aromatic carbocycles. The van der Waals surface area contributed by atoms with Gasteiger partial charge >= 0.3 is 5.97 Å². The number of ether oxygens (including phenoxy) is 1. The Labute approximate surface area is 113 Å². The standard InChI is InChI=1S/C12H13BrO3S/c1-8(14)9-3-4-11(10(13)7-9)17-6-5-12(15)16-2/h3-4,7H,5-6H2,1-2H3. The number of benzene rings is 1. The van der Waals surface area contributed by atoms with Crippen LogP contribution < -0.4 is 0 Å². The first kappa shape index (κ1) is 14.3. The fraction of sp³-hybridized carbons (Fsp3) is 0.333. The molecule has 0 unspecified atom stereocenters. The minimum Gasteiger partial charge on any atom is -0.469 e. The average Bonchev–Trinajstić information content (AvgIpc) is 2.30. The van der Waals surface area contributed by atoms with E-state index in [-0.39, 0.29) is 11.8 Å². The van der Waals surface area contributed by atoms with E-state index in [1.807, 2.05) is 6.07 Å². The number of carbonyl (C=O) groups is 2. The first-order valence-corrected chi connectivity index (χ1v) is 6.82. The normalized spacial score (nSPS) is 10.1. The number of hydrogen-bond acceptors (Lipinski definition) is 4. The van der Waals surface area contributed by atoms with E-state index in [0.29, 0.717) is 17.7 Å². The second-order valence-corrected chi connectivity index (χ2v) is 5.37. The molecule has 0 radical (unpaired) electrons. The molecule has 0 fully saturated rings. The summed E-state index contributed by atoms with van der Waals surface area (Å²) in [4.78, 5) is 23.1. The van der Waals surface area contributed by atoms with Gasteiger partial charge in [0.25, 0.3) is 0 Å². The molecule has 0 saturated carbocycles. The van der Waals surface area contributed by atoms with Crippen molar-refractivity contribution in [3.05, 3.63) is 28.2 Å². The Morgan fingerprint density at radius 2 is 2.12 bits per heavy atom. The van der Waals surface area contributed by atoms with Gasteiger partial charge in [-0.1, -0.05) is 6.07 Å². The monoisotopic (exact) mass is 316 g/mol. The van der Waals surface area contributed by atoms with Gasteiger partial charge in [-0.15, -0.1) is 11.8 Å². The summed E-state index contributed by atoms with van der Waals surface area (Å²) in [7, 11) is 1.38. The maximum Gasteiger partial charge on any atom is 0.306 e. The number of hydrogen-bond donors (Lipinski definition) is 0. The molecule has 3 nitrogen and oxygen atoms in total. The Morgan fingerprint density at radius 1 is 1.41 bits per heavy atom. The molecule has 0 aliphatic carbocycles. The van der Waals surface area contributed by atoms with Crippen molar-refractivity contribution < 1.29 is 14.3 Å². The third-order valence-electron chi connectivity index (χ3n) is 2.13. The average molecular weight is 317 g/mol. The second-order valence-electron chi connectivity index (χ2n) is 3.38. The number of ketones is 1. The molecular formula is C12H13BrO3S.